The minimum absolute atomic E-state index is 0.0281. The Morgan fingerprint density at radius 3 is 3.05 bits per heavy atom. The molecule has 2 rings (SSSR count). The number of carbonyl (C=O) groups is 1. The van der Waals surface area contributed by atoms with Gasteiger partial charge in [-0.15, -0.1) is 0 Å². The number of rotatable bonds is 3. The molecular formula is C14H18BrN3O2. The molecule has 5 nitrogen and oxygen atoms in total. The van der Waals surface area contributed by atoms with Gasteiger partial charge in [0.15, 0.2) is 0 Å². The number of anilines is 1. The van der Waals surface area contributed by atoms with E-state index in [1.807, 2.05) is 31.2 Å². The maximum absolute atomic E-state index is 12.0. The van der Waals surface area contributed by atoms with Gasteiger partial charge in [0.05, 0.1) is 12.3 Å². The van der Waals surface area contributed by atoms with Crippen LogP contribution in [0.4, 0.5) is 5.69 Å². The number of hydrogen-bond donors (Lipinski definition) is 2. The first-order valence-corrected chi connectivity index (χ1v) is 7.36. The summed E-state index contributed by atoms with van der Waals surface area (Å²) < 4.78 is 0.936. The van der Waals surface area contributed by atoms with Crippen molar-refractivity contribution < 1.29 is 10.0 Å². The number of amides is 1. The summed E-state index contributed by atoms with van der Waals surface area (Å²) in [5, 5.41) is 15.0. The molecule has 0 spiro atoms. The molecule has 1 aromatic rings. The van der Waals surface area contributed by atoms with Gasteiger partial charge in [0.25, 0.3) is 0 Å². The summed E-state index contributed by atoms with van der Waals surface area (Å²) in [7, 11) is 0. The van der Waals surface area contributed by atoms with Crippen LogP contribution in [0.2, 0.25) is 0 Å². The van der Waals surface area contributed by atoms with Gasteiger partial charge in [-0.3, -0.25) is 9.69 Å². The molecule has 2 N–H and O–H groups in total. The molecule has 1 atom stereocenters. The topological polar surface area (TPSA) is 64.9 Å². The number of likely N-dealkylation sites (tertiary alicyclic amines) is 1. The minimum atomic E-state index is -0.0281. The summed E-state index contributed by atoms with van der Waals surface area (Å²) in [5.41, 5.74) is 1.60. The number of nitrogens with one attached hydrogen (secondary N) is 1. The Kier molecular flexibility index (Phi) is 5.14. The van der Waals surface area contributed by atoms with Crippen LogP contribution in [0, 0.1) is 5.92 Å². The highest BCUT2D eigenvalue weighted by molar-refractivity contribution is 9.10. The van der Waals surface area contributed by atoms with E-state index < -0.39 is 0 Å². The second-order valence-electron chi connectivity index (χ2n) is 5.04. The van der Waals surface area contributed by atoms with Gasteiger partial charge in [-0.2, -0.15) is 0 Å². The SMILES string of the molecule is CC1CN(CC(=O)Nc2cccc(Br)c2)CC/C1=N\O. The van der Waals surface area contributed by atoms with E-state index >= 15 is 0 Å². The third-order valence-corrected chi connectivity index (χ3v) is 3.88. The fourth-order valence-electron chi connectivity index (χ4n) is 2.37. The smallest absolute Gasteiger partial charge is 0.238 e. The van der Waals surface area contributed by atoms with Crippen molar-refractivity contribution in [1.29, 1.82) is 0 Å². The highest BCUT2D eigenvalue weighted by atomic mass is 79.9. The number of hydrogen-bond acceptors (Lipinski definition) is 4. The van der Waals surface area contributed by atoms with E-state index in [4.69, 9.17) is 5.21 Å². The summed E-state index contributed by atoms with van der Waals surface area (Å²) in [5.74, 6) is 0.159. The van der Waals surface area contributed by atoms with E-state index in [2.05, 4.69) is 31.3 Å². The zero-order valence-electron chi connectivity index (χ0n) is 11.3. The van der Waals surface area contributed by atoms with Crippen molar-refractivity contribution in [2.24, 2.45) is 11.1 Å². The fourth-order valence-corrected chi connectivity index (χ4v) is 2.76. The number of oxime groups is 1. The molecule has 1 aliphatic heterocycles. The molecule has 1 aliphatic rings. The molecule has 1 amide bonds. The van der Waals surface area contributed by atoms with Crippen LogP contribution in [0.5, 0.6) is 0 Å². The molecule has 1 aromatic carbocycles. The van der Waals surface area contributed by atoms with Crippen molar-refractivity contribution in [3.63, 3.8) is 0 Å². The van der Waals surface area contributed by atoms with Crippen LogP contribution in [0.1, 0.15) is 13.3 Å². The van der Waals surface area contributed by atoms with Crippen LogP contribution in [0.15, 0.2) is 33.9 Å². The molecule has 0 saturated carbocycles. The zero-order valence-corrected chi connectivity index (χ0v) is 12.9. The summed E-state index contributed by atoms with van der Waals surface area (Å²) in [6, 6.07) is 7.52. The molecule has 20 heavy (non-hydrogen) atoms. The molecule has 1 heterocycles. The largest absolute Gasteiger partial charge is 0.411 e. The molecule has 1 saturated heterocycles. The first-order valence-electron chi connectivity index (χ1n) is 6.57. The van der Waals surface area contributed by atoms with Gasteiger partial charge in [-0.05, 0) is 18.2 Å². The number of halogens is 1. The maximum atomic E-state index is 12.0. The van der Waals surface area contributed by atoms with E-state index in [0.717, 1.165) is 29.0 Å². The molecule has 0 bridgehead atoms. The highest BCUT2D eigenvalue weighted by Gasteiger charge is 2.23. The van der Waals surface area contributed by atoms with Gasteiger partial charge < -0.3 is 10.5 Å². The summed E-state index contributed by atoms with van der Waals surface area (Å²) in [6.07, 6.45) is 0.710. The number of benzene rings is 1. The Bertz CT molecular complexity index is 519. The first kappa shape index (κ1) is 15.0. The third-order valence-electron chi connectivity index (χ3n) is 3.39. The Balaban J connectivity index is 1.86. The van der Waals surface area contributed by atoms with Crippen molar-refractivity contribution >= 4 is 33.2 Å². The van der Waals surface area contributed by atoms with Crippen LogP contribution in [0.25, 0.3) is 0 Å². The van der Waals surface area contributed by atoms with E-state index in [0.29, 0.717) is 13.0 Å². The summed E-state index contributed by atoms with van der Waals surface area (Å²) in [4.78, 5) is 14.1. The molecular weight excluding hydrogens is 322 g/mol. The van der Waals surface area contributed by atoms with Crippen LogP contribution < -0.4 is 5.32 Å². The van der Waals surface area contributed by atoms with E-state index in [1.165, 1.54) is 0 Å². The van der Waals surface area contributed by atoms with Crippen molar-refractivity contribution in [2.75, 3.05) is 25.0 Å². The van der Waals surface area contributed by atoms with Gasteiger partial charge in [-0.1, -0.05) is 34.1 Å². The minimum Gasteiger partial charge on any atom is -0.411 e. The summed E-state index contributed by atoms with van der Waals surface area (Å²) in [6.45, 7) is 3.85. The second-order valence-corrected chi connectivity index (χ2v) is 5.95. The molecule has 0 aliphatic carbocycles. The van der Waals surface area contributed by atoms with Crippen molar-refractivity contribution in [1.82, 2.24) is 4.90 Å². The van der Waals surface area contributed by atoms with Crippen LogP contribution in [-0.2, 0) is 4.79 Å². The van der Waals surface area contributed by atoms with Gasteiger partial charge in [0.1, 0.15) is 0 Å². The lowest BCUT2D eigenvalue weighted by Crippen LogP contribution is -2.43. The lowest BCUT2D eigenvalue weighted by Gasteiger charge is -2.30. The van der Waals surface area contributed by atoms with Crippen molar-refractivity contribution in [3.8, 4) is 0 Å². The molecule has 108 valence electrons. The zero-order chi connectivity index (χ0) is 14.5. The quantitative estimate of drug-likeness (QED) is 0.657. The fraction of sp³-hybridized carbons (Fsp3) is 0.429. The lowest BCUT2D eigenvalue weighted by atomic mass is 9.98. The first-order chi connectivity index (χ1) is 9.58. The van der Waals surface area contributed by atoms with Crippen LogP contribution in [-0.4, -0.2) is 41.4 Å². The van der Waals surface area contributed by atoms with Crippen LogP contribution in [0.3, 0.4) is 0 Å². The lowest BCUT2D eigenvalue weighted by molar-refractivity contribution is -0.117. The Hall–Kier alpha value is -1.40. The van der Waals surface area contributed by atoms with Crippen molar-refractivity contribution in [2.45, 2.75) is 13.3 Å². The number of carbonyl (C=O) groups excluding carboxylic acids is 1. The van der Waals surface area contributed by atoms with Gasteiger partial charge in [0.2, 0.25) is 5.91 Å². The van der Waals surface area contributed by atoms with Gasteiger partial charge in [-0.25, -0.2) is 0 Å². The van der Waals surface area contributed by atoms with Gasteiger partial charge >= 0.3 is 0 Å². The Morgan fingerprint density at radius 1 is 1.60 bits per heavy atom. The monoisotopic (exact) mass is 339 g/mol. The number of piperidine rings is 1. The average molecular weight is 340 g/mol. The molecule has 0 aromatic heterocycles. The second kappa shape index (κ2) is 6.85. The maximum Gasteiger partial charge on any atom is 0.238 e. The molecule has 1 unspecified atom stereocenters. The third kappa shape index (κ3) is 4.05. The number of nitrogens with zero attached hydrogens (tertiary/aromatic N) is 2. The molecule has 1 fully saturated rings. The van der Waals surface area contributed by atoms with Gasteiger partial charge in [0, 0.05) is 35.6 Å². The predicted molar refractivity (Wildman–Crippen MR) is 82.2 cm³/mol. The average Bonchev–Trinajstić information content (AvgIpc) is 2.38. The highest BCUT2D eigenvalue weighted by Crippen LogP contribution is 2.16. The van der Waals surface area contributed by atoms with E-state index in [1.54, 1.807) is 0 Å². The van der Waals surface area contributed by atoms with Crippen LogP contribution >= 0.6 is 15.9 Å². The Labute approximate surface area is 126 Å². The summed E-state index contributed by atoms with van der Waals surface area (Å²) >= 11 is 3.37. The normalized spacial score (nSPS) is 21.9. The van der Waals surface area contributed by atoms with E-state index in [-0.39, 0.29) is 11.8 Å². The van der Waals surface area contributed by atoms with E-state index in [9.17, 15) is 4.79 Å². The molecule has 0 radical (unpaired) electrons. The Morgan fingerprint density at radius 2 is 2.40 bits per heavy atom. The standard InChI is InChI=1S/C14H18BrN3O2/c1-10-8-18(6-5-13(10)17-20)9-14(19)16-12-4-2-3-11(15)7-12/h2-4,7,10,20H,5-6,8-9H2,1H3,(H,16,19)/b17-13+. The molecule has 6 heteroatoms. The van der Waals surface area contributed by atoms with Crippen molar-refractivity contribution in [3.05, 3.63) is 28.7 Å². The predicted octanol–water partition coefficient (Wildman–Crippen LogP) is 2.56.